The smallest absolute Gasteiger partial charge is 0.256 e. The monoisotopic (exact) mass is 330 g/mol. The van der Waals surface area contributed by atoms with Crippen LogP contribution >= 0.6 is 23.1 Å². The summed E-state index contributed by atoms with van der Waals surface area (Å²) in [4.78, 5) is 17.0. The van der Waals surface area contributed by atoms with Gasteiger partial charge in [0.2, 0.25) is 0 Å². The first kappa shape index (κ1) is 13.8. The van der Waals surface area contributed by atoms with Crippen molar-refractivity contribution in [3.05, 3.63) is 40.0 Å². The van der Waals surface area contributed by atoms with Crippen molar-refractivity contribution in [1.29, 1.82) is 0 Å². The molecule has 4 rings (SSSR count). The van der Waals surface area contributed by atoms with Crippen molar-refractivity contribution in [2.45, 2.75) is 18.4 Å². The third-order valence-electron chi connectivity index (χ3n) is 3.70. The molecule has 0 spiro atoms. The van der Waals surface area contributed by atoms with E-state index in [0.29, 0.717) is 5.56 Å². The zero-order chi connectivity index (χ0) is 15.3. The summed E-state index contributed by atoms with van der Waals surface area (Å²) in [6.07, 6.45) is 0. The lowest BCUT2D eigenvalue weighted by Crippen LogP contribution is -2.15. The van der Waals surface area contributed by atoms with Gasteiger partial charge in [-0.3, -0.25) is 9.48 Å². The van der Waals surface area contributed by atoms with Gasteiger partial charge in [0.05, 0.1) is 20.9 Å². The van der Waals surface area contributed by atoms with Crippen LogP contribution in [0.4, 0.5) is 5.82 Å². The zero-order valence-corrected chi connectivity index (χ0v) is 13.8. The standard InChI is InChI=1S/C15H14N4OS2/c1-8-16-11-4-3-9(5-13(11)22-8)15(20)17-14-10-6-21-7-12(10)18-19(14)2/h3-5H,6-7H2,1-2H3,(H,17,20). The number of rotatable bonds is 2. The Kier molecular flexibility index (Phi) is 3.19. The van der Waals surface area contributed by atoms with E-state index in [-0.39, 0.29) is 5.91 Å². The first-order valence-corrected chi connectivity index (χ1v) is 8.90. The minimum Gasteiger partial charge on any atom is -0.307 e. The molecule has 0 radical (unpaired) electrons. The van der Waals surface area contributed by atoms with Crippen molar-refractivity contribution in [1.82, 2.24) is 14.8 Å². The fraction of sp³-hybridized carbons (Fsp3) is 0.267. The first-order chi connectivity index (χ1) is 10.6. The predicted molar refractivity (Wildman–Crippen MR) is 90.5 cm³/mol. The number of amides is 1. The summed E-state index contributed by atoms with van der Waals surface area (Å²) in [6, 6.07) is 5.63. The molecule has 7 heteroatoms. The third kappa shape index (κ3) is 2.21. The lowest BCUT2D eigenvalue weighted by Gasteiger charge is -2.07. The summed E-state index contributed by atoms with van der Waals surface area (Å²) in [5.74, 6) is 2.54. The van der Waals surface area contributed by atoms with Crippen molar-refractivity contribution < 1.29 is 4.79 Å². The van der Waals surface area contributed by atoms with Gasteiger partial charge in [0.15, 0.2) is 0 Å². The highest BCUT2D eigenvalue weighted by Gasteiger charge is 2.23. The van der Waals surface area contributed by atoms with Gasteiger partial charge in [-0.2, -0.15) is 16.9 Å². The molecule has 0 unspecified atom stereocenters. The Morgan fingerprint density at radius 1 is 1.36 bits per heavy atom. The van der Waals surface area contributed by atoms with Crippen molar-refractivity contribution in [3.8, 4) is 0 Å². The van der Waals surface area contributed by atoms with Crippen LogP contribution in [-0.4, -0.2) is 20.7 Å². The van der Waals surface area contributed by atoms with Crippen LogP contribution < -0.4 is 5.32 Å². The topological polar surface area (TPSA) is 59.8 Å². The normalized spacial score (nSPS) is 13.5. The molecule has 0 fully saturated rings. The van der Waals surface area contributed by atoms with Crippen LogP contribution in [0.15, 0.2) is 18.2 Å². The van der Waals surface area contributed by atoms with E-state index in [1.54, 1.807) is 16.0 Å². The third-order valence-corrected chi connectivity index (χ3v) is 5.61. The second-order valence-electron chi connectivity index (χ2n) is 5.26. The van der Waals surface area contributed by atoms with Gasteiger partial charge < -0.3 is 5.32 Å². The number of anilines is 1. The number of aromatic nitrogens is 3. The van der Waals surface area contributed by atoms with E-state index in [1.165, 1.54) is 0 Å². The first-order valence-electron chi connectivity index (χ1n) is 6.93. The Labute approximate surface area is 135 Å². The fourth-order valence-electron chi connectivity index (χ4n) is 2.66. The molecular weight excluding hydrogens is 316 g/mol. The molecule has 112 valence electrons. The number of aryl methyl sites for hydroxylation is 2. The number of carbonyl (C=O) groups excluding carboxylic acids is 1. The minimum atomic E-state index is -0.101. The van der Waals surface area contributed by atoms with Crippen molar-refractivity contribution in [3.63, 3.8) is 0 Å². The summed E-state index contributed by atoms with van der Waals surface area (Å²) in [5.41, 5.74) is 3.82. The molecule has 1 aromatic carbocycles. The van der Waals surface area contributed by atoms with Gasteiger partial charge in [0.1, 0.15) is 5.82 Å². The van der Waals surface area contributed by atoms with Crippen LogP contribution in [0.25, 0.3) is 10.2 Å². The predicted octanol–water partition coefficient (Wildman–Crippen LogP) is 3.34. The lowest BCUT2D eigenvalue weighted by molar-refractivity contribution is 0.102. The highest BCUT2D eigenvalue weighted by Crippen LogP contribution is 2.34. The molecule has 1 N–H and O–H groups in total. The van der Waals surface area contributed by atoms with E-state index in [0.717, 1.165) is 43.8 Å². The van der Waals surface area contributed by atoms with Gasteiger partial charge in [-0.25, -0.2) is 4.98 Å². The minimum absolute atomic E-state index is 0.101. The van der Waals surface area contributed by atoms with Gasteiger partial charge >= 0.3 is 0 Å². The molecule has 0 saturated heterocycles. The maximum absolute atomic E-state index is 12.5. The molecule has 1 aliphatic rings. The van der Waals surface area contributed by atoms with E-state index in [9.17, 15) is 4.79 Å². The highest BCUT2D eigenvalue weighted by molar-refractivity contribution is 7.98. The molecule has 22 heavy (non-hydrogen) atoms. The summed E-state index contributed by atoms with van der Waals surface area (Å²) in [7, 11) is 1.87. The molecule has 3 aromatic rings. The van der Waals surface area contributed by atoms with E-state index < -0.39 is 0 Å². The number of nitrogens with zero attached hydrogens (tertiary/aromatic N) is 3. The number of benzene rings is 1. The van der Waals surface area contributed by atoms with Crippen LogP contribution in [0, 0.1) is 6.92 Å². The summed E-state index contributed by atoms with van der Waals surface area (Å²) in [5, 5.41) is 8.48. The number of hydrogen-bond donors (Lipinski definition) is 1. The molecule has 1 aliphatic heterocycles. The summed E-state index contributed by atoms with van der Waals surface area (Å²) in [6.45, 7) is 1.97. The van der Waals surface area contributed by atoms with E-state index >= 15 is 0 Å². The second kappa shape index (κ2) is 5.10. The molecule has 5 nitrogen and oxygen atoms in total. The van der Waals surface area contributed by atoms with E-state index in [1.807, 2.05) is 43.9 Å². The number of carbonyl (C=O) groups is 1. The Balaban J connectivity index is 1.66. The Hall–Kier alpha value is -1.86. The van der Waals surface area contributed by atoms with Crippen LogP contribution in [0.5, 0.6) is 0 Å². The number of thiazole rings is 1. The molecular formula is C15H14N4OS2. The number of nitrogens with one attached hydrogen (secondary N) is 1. The van der Waals surface area contributed by atoms with E-state index in [2.05, 4.69) is 15.4 Å². The average Bonchev–Trinajstić information content (AvgIpc) is 3.14. The van der Waals surface area contributed by atoms with E-state index in [4.69, 9.17) is 0 Å². The van der Waals surface area contributed by atoms with Gasteiger partial charge in [0, 0.05) is 29.7 Å². The van der Waals surface area contributed by atoms with Gasteiger partial charge in [-0.15, -0.1) is 11.3 Å². The molecule has 0 atom stereocenters. The molecule has 0 saturated carbocycles. The zero-order valence-electron chi connectivity index (χ0n) is 12.2. The quantitative estimate of drug-likeness (QED) is 0.783. The SMILES string of the molecule is Cc1nc2ccc(C(=O)Nc3c4c(nn3C)CSC4)cc2s1. The van der Waals surface area contributed by atoms with Crippen molar-refractivity contribution >= 4 is 45.0 Å². The number of thioether (sulfide) groups is 1. The van der Waals surface area contributed by atoms with Gasteiger partial charge in [-0.1, -0.05) is 0 Å². The van der Waals surface area contributed by atoms with Gasteiger partial charge in [0.25, 0.3) is 5.91 Å². The maximum atomic E-state index is 12.5. The Morgan fingerprint density at radius 2 is 2.23 bits per heavy atom. The molecule has 0 bridgehead atoms. The molecule has 2 aromatic heterocycles. The lowest BCUT2D eigenvalue weighted by atomic mass is 10.2. The average molecular weight is 330 g/mol. The second-order valence-corrected chi connectivity index (χ2v) is 7.48. The maximum Gasteiger partial charge on any atom is 0.256 e. The highest BCUT2D eigenvalue weighted by atomic mass is 32.2. The van der Waals surface area contributed by atoms with Crippen molar-refractivity contribution in [2.24, 2.45) is 7.05 Å². The molecule has 3 heterocycles. The Bertz CT molecular complexity index is 896. The largest absolute Gasteiger partial charge is 0.307 e. The van der Waals surface area contributed by atoms with Gasteiger partial charge in [-0.05, 0) is 25.1 Å². The number of hydrogen-bond acceptors (Lipinski definition) is 5. The van der Waals surface area contributed by atoms with Crippen LogP contribution in [0.1, 0.15) is 26.6 Å². The van der Waals surface area contributed by atoms with Crippen LogP contribution in [0.3, 0.4) is 0 Å². The van der Waals surface area contributed by atoms with Crippen LogP contribution in [0.2, 0.25) is 0 Å². The number of fused-ring (bicyclic) bond motifs is 2. The molecule has 0 aliphatic carbocycles. The fourth-order valence-corrected chi connectivity index (χ4v) is 4.56. The molecule has 1 amide bonds. The summed E-state index contributed by atoms with van der Waals surface area (Å²) >= 11 is 3.43. The summed E-state index contributed by atoms with van der Waals surface area (Å²) < 4.78 is 2.80. The van der Waals surface area contributed by atoms with Crippen molar-refractivity contribution in [2.75, 3.05) is 5.32 Å². The Morgan fingerprint density at radius 3 is 3.09 bits per heavy atom. The van der Waals surface area contributed by atoms with Crippen LogP contribution in [-0.2, 0) is 18.6 Å².